The molecule has 1 aliphatic rings. The molecular weight excluding hydrogens is 447 g/mol. The average molecular weight is 469 g/mol. The molecule has 0 N–H and O–H groups in total. The van der Waals surface area contributed by atoms with Gasteiger partial charge in [-0.15, -0.1) is 0 Å². The number of fused-ring (bicyclic) bond motifs is 1. The van der Waals surface area contributed by atoms with Crippen LogP contribution in [0.25, 0.3) is 16.7 Å². The number of anilines is 1. The molecule has 0 radical (unpaired) electrons. The SMILES string of the molecule is CS(=O)(=O)c1ccc(-n2ncc3c(OC4CCN(c5ccccn5)CC4F)ncnc32)cc1. The highest BCUT2D eigenvalue weighted by Crippen LogP contribution is 2.28. The first-order chi connectivity index (χ1) is 15.9. The van der Waals surface area contributed by atoms with Crippen molar-refractivity contribution in [1.29, 1.82) is 0 Å². The molecule has 0 aliphatic carbocycles. The van der Waals surface area contributed by atoms with Crippen LogP contribution in [0, 0.1) is 0 Å². The Balaban J connectivity index is 1.37. The summed E-state index contributed by atoms with van der Waals surface area (Å²) in [6.07, 6.45) is 4.35. The number of sulfone groups is 1. The van der Waals surface area contributed by atoms with Crippen LogP contribution in [0.3, 0.4) is 0 Å². The molecule has 0 amide bonds. The fourth-order valence-electron chi connectivity index (χ4n) is 3.85. The predicted octanol–water partition coefficient (Wildman–Crippen LogP) is 2.61. The highest BCUT2D eigenvalue weighted by Gasteiger charge is 2.32. The molecule has 33 heavy (non-hydrogen) atoms. The Morgan fingerprint density at radius 3 is 2.61 bits per heavy atom. The number of ether oxygens (including phenoxy) is 1. The van der Waals surface area contributed by atoms with Crippen LogP contribution >= 0.6 is 0 Å². The maximum Gasteiger partial charge on any atom is 0.228 e. The van der Waals surface area contributed by atoms with Gasteiger partial charge in [0.05, 0.1) is 23.3 Å². The lowest BCUT2D eigenvalue weighted by Crippen LogP contribution is -2.47. The topological polar surface area (TPSA) is 103 Å². The minimum Gasteiger partial charge on any atom is -0.471 e. The van der Waals surface area contributed by atoms with Crippen molar-refractivity contribution in [2.24, 2.45) is 0 Å². The normalized spacial score (nSPS) is 19.0. The molecule has 5 rings (SSSR count). The maximum absolute atomic E-state index is 15.0. The van der Waals surface area contributed by atoms with Gasteiger partial charge in [0.15, 0.2) is 21.7 Å². The van der Waals surface area contributed by atoms with E-state index in [9.17, 15) is 12.8 Å². The quantitative estimate of drug-likeness (QED) is 0.440. The van der Waals surface area contributed by atoms with E-state index in [1.807, 2.05) is 23.1 Å². The second-order valence-corrected chi connectivity index (χ2v) is 9.85. The zero-order valence-corrected chi connectivity index (χ0v) is 18.6. The summed E-state index contributed by atoms with van der Waals surface area (Å²) < 4.78 is 45.9. The van der Waals surface area contributed by atoms with E-state index in [-0.39, 0.29) is 17.3 Å². The fraction of sp³-hybridized carbons (Fsp3) is 0.273. The summed E-state index contributed by atoms with van der Waals surface area (Å²) in [4.78, 5) is 14.9. The second-order valence-electron chi connectivity index (χ2n) is 7.83. The third kappa shape index (κ3) is 4.23. The van der Waals surface area contributed by atoms with Crippen LogP contribution in [0.1, 0.15) is 6.42 Å². The van der Waals surface area contributed by atoms with Crippen LogP contribution in [0.4, 0.5) is 10.2 Å². The molecule has 0 saturated carbocycles. The number of rotatable bonds is 5. The Labute approximate surface area is 189 Å². The number of halogens is 1. The first kappa shape index (κ1) is 21.3. The van der Waals surface area contributed by atoms with E-state index < -0.39 is 22.1 Å². The lowest BCUT2D eigenvalue weighted by atomic mass is 10.1. The largest absolute Gasteiger partial charge is 0.471 e. The number of nitrogens with zero attached hydrogens (tertiary/aromatic N) is 6. The van der Waals surface area contributed by atoms with Crippen LogP contribution in [-0.4, -0.2) is 64.8 Å². The fourth-order valence-corrected chi connectivity index (χ4v) is 4.48. The molecule has 4 heterocycles. The van der Waals surface area contributed by atoms with Gasteiger partial charge in [-0.3, -0.25) is 0 Å². The average Bonchev–Trinajstić information content (AvgIpc) is 3.26. The van der Waals surface area contributed by atoms with Crippen molar-refractivity contribution in [3.8, 4) is 11.6 Å². The van der Waals surface area contributed by atoms with E-state index >= 15 is 0 Å². The minimum absolute atomic E-state index is 0.182. The number of pyridine rings is 1. The summed E-state index contributed by atoms with van der Waals surface area (Å²) in [6.45, 7) is 0.796. The van der Waals surface area contributed by atoms with Crippen molar-refractivity contribution in [2.75, 3.05) is 24.2 Å². The standard InChI is InChI=1S/C22H21FN6O3S/c1-33(30,31)16-7-5-15(6-8-16)29-21-17(12-27-29)22(26-14-25-21)32-19-9-11-28(13-18(19)23)20-4-2-3-10-24-20/h2-8,10,12,14,18-19H,9,11,13H2,1H3. The Kier molecular flexibility index (Phi) is 5.41. The molecule has 4 aromatic rings. The number of aromatic nitrogens is 5. The van der Waals surface area contributed by atoms with Gasteiger partial charge in [-0.05, 0) is 36.4 Å². The molecule has 1 aromatic carbocycles. The summed E-state index contributed by atoms with van der Waals surface area (Å²) in [5, 5.41) is 4.90. The van der Waals surface area contributed by atoms with Gasteiger partial charge < -0.3 is 9.64 Å². The van der Waals surface area contributed by atoms with E-state index in [2.05, 4.69) is 20.1 Å². The molecule has 2 unspecified atom stereocenters. The van der Waals surface area contributed by atoms with Crippen LogP contribution in [0.2, 0.25) is 0 Å². The molecule has 0 spiro atoms. The van der Waals surface area contributed by atoms with Crippen LogP contribution in [-0.2, 0) is 9.84 Å². The van der Waals surface area contributed by atoms with Crippen LogP contribution in [0.5, 0.6) is 5.88 Å². The van der Waals surface area contributed by atoms with Gasteiger partial charge in [-0.25, -0.2) is 32.4 Å². The van der Waals surface area contributed by atoms with Gasteiger partial charge in [-0.1, -0.05) is 6.07 Å². The highest BCUT2D eigenvalue weighted by molar-refractivity contribution is 7.90. The molecule has 11 heteroatoms. The first-order valence-corrected chi connectivity index (χ1v) is 12.3. The molecule has 0 bridgehead atoms. The molecule has 1 aliphatic heterocycles. The monoisotopic (exact) mass is 468 g/mol. The number of hydrogen-bond acceptors (Lipinski definition) is 8. The Morgan fingerprint density at radius 1 is 1.09 bits per heavy atom. The Bertz CT molecular complexity index is 1380. The van der Waals surface area contributed by atoms with Gasteiger partial charge >= 0.3 is 0 Å². The van der Waals surface area contributed by atoms with Crippen LogP contribution < -0.4 is 9.64 Å². The molecule has 1 fully saturated rings. The van der Waals surface area contributed by atoms with E-state index in [4.69, 9.17) is 4.74 Å². The maximum atomic E-state index is 15.0. The van der Waals surface area contributed by atoms with Crippen molar-refractivity contribution in [2.45, 2.75) is 23.6 Å². The van der Waals surface area contributed by atoms with Crippen molar-refractivity contribution < 1.29 is 17.5 Å². The van der Waals surface area contributed by atoms with E-state index in [1.165, 1.54) is 18.5 Å². The van der Waals surface area contributed by atoms with Gasteiger partial charge in [0.2, 0.25) is 5.88 Å². The smallest absolute Gasteiger partial charge is 0.228 e. The van der Waals surface area contributed by atoms with Gasteiger partial charge in [-0.2, -0.15) is 5.10 Å². The van der Waals surface area contributed by atoms with E-state index in [0.29, 0.717) is 29.7 Å². The molecule has 9 nitrogen and oxygen atoms in total. The van der Waals surface area contributed by atoms with Crippen molar-refractivity contribution in [3.63, 3.8) is 0 Å². The van der Waals surface area contributed by atoms with E-state index in [0.717, 1.165) is 12.1 Å². The number of alkyl halides is 1. The third-order valence-corrected chi connectivity index (χ3v) is 6.69. The first-order valence-electron chi connectivity index (χ1n) is 10.4. The lowest BCUT2D eigenvalue weighted by molar-refractivity contribution is 0.0793. The zero-order valence-electron chi connectivity index (χ0n) is 17.7. The number of piperidine rings is 1. The molecule has 1 saturated heterocycles. The molecule has 3 aromatic heterocycles. The summed E-state index contributed by atoms with van der Waals surface area (Å²) in [5.74, 6) is 1.00. The summed E-state index contributed by atoms with van der Waals surface area (Å²) in [7, 11) is -3.30. The van der Waals surface area contributed by atoms with Gasteiger partial charge in [0.25, 0.3) is 0 Å². The molecular formula is C22H21FN6O3S. The molecule has 170 valence electrons. The lowest BCUT2D eigenvalue weighted by Gasteiger charge is -2.35. The van der Waals surface area contributed by atoms with Gasteiger partial charge in [0.1, 0.15) is 23.6 Å². The van der Waals surface area contributed by atoms with Crippen LogP contribution in [0.15, 0.2) is 66.1 Å². The molecule has 2 atom stereocenters. The van der Waals surface area contributed by atoms with Gasteiger partial charge in [0, 0.05) is 25.4 Å². The summed E-state index contributed by atoms with van der Waals surface area (Å²) in [5.41, 5.74) is 1.11. The third-order valence-electron chi connectivity index (χ3n) is 5.56. The number of benzene rings is 1. The number of hydrogen-bond donors (Lipinski definition) is 0. The van der Waals surface area contributed by atoms with Crippen molar-refractivity contribution >= 4 is 26.7 Å². The summed E-state index contributed by atoms with van der Waals surface area (Å²) >= 11 is 0. The Morgan fingerprint density at radius 2 is 1.91 bits per heavy atom. The highest BCUT2D eigenvalue weighted by atomic mass is 32.2. The zero-order chi connectivity index (χ0) is 23.0. The Hall–Kier alpha value is -3.60. The minimum atomic E-state index is -3.30. The van der Waals surface area contributed by atoms with Crippen molar-refractivity contribution in [1.82, 2.24) is 24.7 Å². The summed E-state index contributed by atoms with van der Waals surface area (Å²) in [6, 6.07) is 11.9. The second kappa shape index (κ2) is 8.39. The predicted molar refractivity (Wildman–Crippen MR) is 120 cm³/mol. The van der Waals surface area contributed by atoms with Crippen molar-refractivity contribution in [3.05, 3.63) is 61.2 Å². The van der Waals surface area contributed by atoms with E-state index in [1.54, 1.807) is 29.2 Å².